The average molecular weight is 372 g/mol. The first kappa shape index (κ1) is 18.6. The van der Waals surface area contributed by atoms with Gasteiger partial charge in [0.1, 0.15) is 0 Å². The largest absolute Gasteiger partial charge is 0.494 e. The van der Waals surface area contributed by atoms with Crippen molar-refractivity contribution < 1.29 is 13.9 Å². The third-order valence-electron chi connectivity index (χ3n) is 4.20. The van der Waals surface area contributed by atoms with E-state index in [-0.39, 0.29) is 12.8 Å². The maximum atomic E-state index is 14.7. The molecule has 0 fully saturated rings. The molecule has 1 aromatic heterocycles. The molecule has 0 saturated heterocycles. The van der Waals surface area contributed by atoms with E-state index in [4.69, 9.17) is 0 Å². The number of aromatic nitrogens is 2. The maximum Gasteiger partial charge on any atom is 0.338 e. The first-order chi connectivity index (χ1) is 13.0. The third kappa shape index (κ3) is 4.13. The Morgan fingerprint density at radius 2 is 1.22 bits per heavy atom. The van der Waals surface area contributed by atoms with E-state index < -0.39 is 29.7 Å². The molecule has 1 heterocycles. The lowest BCUT2D eigenvalue weighted by molar-refractivity contribution is 0.177. The van der Waals surface area contributed by atoms with Gasteiger partial charge < -0.3 is 5.11 Å². The molecular formula is C20H18F2N2O3. The normalized spacial score (nSPS) is 13.3. The molecule has 7 heteroatoms. The Balaban J connectivity index is 1.95. The maximum absolute atomic E-state index is 14.7. The van der Waals surface area contributed by atoms with Gasteiger partial charge in [-0.25, -0.2) is 22.7 Å². The molecule has 5 nitrogen and oxygen atoms in total. The standard InChI is InChI=1S/C20H18F2N2O3/c21-16(11-14-7-3-1-4-8-14)23-18(25)13-19(26)24(20(23)27)17(22)12-15-9-5-2-6-10-15/h1-10,13,16-17,25H,11-12H2. The van der Waals surface area contributed by atoms with Crippen LogP contribution in [-0.4, -0.2) is 14.2 Å². The van der Waals surface area contributed by atoms with E-state index in [0.29, 0.717) is 26.3 Å². The fourth-order valence-corrected chi connectivity index (χ4v) is 2.88. The van der Waals surface area contributed by atoms with Gasteiger partial charge in [-0.05, 0) is 11.1 Å². The van der Waals surface area contributed by atoms with E-state index in [0.717, 1.165) is 0 Å². The SMILES string of the molecule is O=c1cc(O)n(C(F)Cc2ccccc2)c(=O)n1C(F)Cc1ccccc1. The zero-order chi connectivity index (χ0) is 19.4. The molecule has 0 radical (unpaired) electrons. The van der Waals surface area contributed by atoms with Crippen LogP contribution in [0.5, 0.6) is 5.88 Å². The van der Waals surface area contributed by atoms with Gasteiger partial charge in [0, 0.05) is 12.8 Å². The van der Waals surface area contributed by atoms with Gasteiger partial charge in [0.15, 0.2) is 12.6 Å². The summed E-state index contributed by atoms with van der Waals surface area (Å²) in [5.41, 5.74) is -1.08. The molecule has 2 unspecified atom stereocenters. The number of nitrogens with zero attached hydrogens (tertiary/aromatic N) is 2. The summed E-state index contributed by atoms with van der Waals surface area (Å²) in [5, 5.41) is 9.90. The van der Waals surface area contributed by atoms with Crippen LogP contribution in [0.3, 0.4) is 0 Å². The summed E-state index contributed by atoms with van der Waals surface area (Å²) in [6.07, 6.45) is -4.36. The van der Waals surface area contributed by atoms with Gasteiger partial charge in [-0.1, -0.05) is 60.7 Å². The summed E-state index contributed by atoms with van der Waals surface area (Å²) in [5.74, 6) is -0.836. The fraction of sp³-hybridized carbons (Fsp3) is 0.200. The predicted octanol–water partition coefficient (Wildman–Crippen LogP) is 3.14. The van der Waals surface area contributed by atoms with Crippen molar-refractivity contribution in [1.82, 2.24) is 9.13 Å². The van der Waals surface area contributed by atoms with Crippen molar-refractivity contribution in [3.63, 3.8) is 0 Å². The summed E-state index contributed by atoms with van der Waals surface area (Å²) in [6, 6.07) is 17.6. The van der Waals surface area contributed by atoms with Gasteiger partial charge in [0.25, 0.3) is 5.56 Å². The average Bonchev–Trinajstić information content (AvgIpc) is 2.63. The summed E-state index contributed by atoms with van der Waals surface area (Å²) in [4.78, 5) is 24.6. The second kappa shape index (κ2) is 7.99. The highest BCUT2D eigenvalue weighted by Crippen LogP contribution is 2.20. The molecule has 2 atom stereocenters. The van der Waals surface area contributed by atoms with Crippen LogP contribution in [0, 0.1) is 0 Å². The van der Waals surface area contributed by atoms with Gasteiger partial charge in [-0.15, -0.1) is 0 Å². The minimum Gasteiger partial charge on any atom is -0.494 e. The van der Waals surface area contributed by atoms with E-state index in [2.05, 4.69) is 0 Å². The Bertz CT molecular complexity index is 1020. The molecule has 140 valence electrons. The summed E-state index contributed by atoms with van der Waals surface area (Å²) >= 11 is 0. The predicted molar refractivity (Wildman–Crippen MR) is 97.2 cm³/mol. The molecule has 0 amide bonds. The lowest BCUT2D eigenvalue weighted by Gasteiger charge is -2.17. The highest BCUT2D eigenvalue weighted by molar-refractivity contribution is 5.17. The Labute approximate surface area is 153 Å². The van der Waals surface area contributed by atoms with E-state index in [9.17, 15) is 23.5 Å². The van der Waals surface area contributed by atoms with Crippen LogP contribution in [0.1, 0.15) is 23.7 Å². The van der Waals surface area contributed by atoms with Gasteiger partial charge in [0.05, 0.1) is 6.07 Å². The molecule has 0 aliphatic heterocycles. The third-order valence-corrected chi connectivity index (χ3v) is 4.20. The van der Waals surface area contributed by atoms with Gasteiger partial charge in [0.2, 0.25) is 5.88 Å². The van der Waals surface area contributed by atoms with E-state index in [1.165, 1.54) is 0 Å². The summed E-state index contributed by atoms with van der Waals surface area (Å²) < 4.78 is 30.1. The van der Waals surface area contributed by atoms with Gasteiger partial charge >= 0.3 is 5.69 Å². The monoisotopic (exact) mass is 372 g/mol. The van der Waals surface area contributed by atoms with E-state index in [1.807, 2.05) is 0 Å². The molecule has 0 spiro atoms. The fourth-order valence-electron chi connectivity index (χ4n) is 2.88. The van der Waals surface area contributed by atoms with Crippen molar-refractivity contribution >= 4 is 0 Å². The molecule has 0 aliphatic rings. The number of aromatic hydroxyl groups is 1. The van der Waals surface area contributed by atoms with Crippen LogP contribution in [0.15, 0.2) is 76.3 Å². The first-order valence-electron chi connectivity index (χ1n) is 8.40. The number of alkyl halides is 2. The van der Waals surface area contributed by atoms with Crippen molar-refractivity contribution in [3.05, 3.63) is 98.7 Å². The quantitative estimate of drug-likeness (QED) is 0.723. The Morgan fingerprint density at radius 3 is 1.70 bits per heavy atom. The number of benzene rings is 2. The van der Waals surface area contributed by atoms with Crippen LogP contribution in [-0.2, 0) is 12.8 Å². The number of hydrogen-bond donors (Lipinski definition) is 1. The highest BCUT2D eigenvalue weighted by atomic mass is 19.1. The lowest BCUT2D eigenvalue weighted by Crippen LogP contribution is -2.42. The molecule has 27 heavy (non-hydrogen) atoms. The van der Waals surface area contributed by atoms with Gasteiger partial charge in [-0.2, -0.15) is 0 Å². The molecule has 1 N–H and O–H groups in total. The minimum absolute atomic E-state index is 0.206. The topological polar surface area (TPSA) is 64.2 Å². The highest BCUT2D eigenvalue weighted by Gasteiger charge is 2.23. The van der Waals surface area contributed by atoms with Crippen molar-refractivity contribution in [2.75, 3.05) is 0 Å². The Morgan fingerprint density at radius 1 is 0.778 bits per heavy atom. The van der Waals surface area contributed by atoms with E-state index >= 15 is 0 Å². The molecule has 0 bridgehead atoms. The Hall–Kier alpha value is -3.22. The molecule has 0 aliphatic carbocycles. The molecule has 0 saturated carbocycles. The lowest BCUT2D eigenvalue weighted by atomic mass is 10.1. The molecule has 3 aromatic rings. The van der Waals surface area contributed by atoms with Crippen LogP contribution >= 0.6 is 0 Å². The molecular weight excluding hydrogens is 354 g/mol. The Kier molecular flexibility index (Phi) is 5.49. The second-order valence-electron chi connectivity index (χ2n) is 6.11. The zero-order valence-corrected chi connectivity index (χ0v) is 14.3. The first-order valence-corrected chi connectivity index (χ1v) is 8.40. The van der Waals surface area contributed by atoms with Crippen LogP contribution in [0.4, 0.5) is 8.78 Å². The van der Waals surface area contributed by atoms with Crippen LogP contribution in [0.2, 0.25) is 0 Å². The smallest absolute Gasteiger partial charge is 0.338 e. The number of rotatable bonds is 6. The summed E-state index contributed by atoms with van der Waals surface area (Å²) in [7, 11) is 0. The summed E-state index contributed by atoms with van der Waals surface area (Å²) in [6.45, 7) is 0. The van der Waals surface area contributed by atoms with Gasteiger partial charge in [-0.3, -0.25) is 4.79 Å². The number of halogens is 2. The number of hydrogen-bond acceptors (Lipinski definition) is 3. The minimum atomic E-state index is -1.98. The second-order valence-corrected chi connectivity index (χ2v) is 6.11. The van der Waals surface area contributed by atoms with Crippen molar-refractivity contribution in [3.8, 4) is 5.88 Å². The molecule has 3 rings (SSSR count). The van der Waals surface area contributed by atoms with Crippen molar-refractivity contribution in [2.45, 2.75) is 25.4 Å². The van der Waals surface area contributed by atoms with E-state index in [1.54, 1.807) is 60.7 Å². The van der Waals surface area contributed by atoms with Crippen molar-refractivity contribution in [1.29, 1.82) is 0 Å². The van der Waals surface area contributed by atoms with Crippen LogP contribution < -0.4 is 11.2 Å². The van der Waals surface area contributed by atoms with Crippen LogP contribution in [0.25, 0.3) is 0 Å². The molecule has 2 aromatic carbocycles. The van der Waals surface area contributed by atoms with Crippen molar-refractivity contribution in [2.24, 2.45) is 0 Å². The zero-order valence-electron chi connectivity index (χ0n) is 14.3.